The van der Waals surface area contributed by atoms with E-state index in [0.29, 0.717) is 13.0 Å². The highest BCUT2D eigenvalue weighted by atomic mass is 16.5. The van der Waals surface area contributed by atoms with Crippen LogP contribution in [0, 0.1) is 0 Å². The molecule has 28 heavy (non-hydrogen) atoms. The fourth-order valence-corrected chi connectivity index (χ4v) is 4.22. The second kappa shape index (κ2) is 7.72. The molecule has 6 heteroatoms. The van der Waals surface area contributed by atoms with E-state index in [1.807, 2.05) is 31.6 Å². The molecule has 1 saturated heterocycles. The molecule has 6 nitrogen and oxygen atoms in total. The Morgan fingerprint density at radius 2 is 2.07 bits per heavy atom. The third kappa shape index (κ3) is 3.52. The van der Waals surface area contributed by atoms with Gasteiger partial charge in [-0.25, -0.2) is 0 Å². The normalized spacial score (nSPS) is 19.6. The standard InChI is InChI=1S/C22H25N3O3/c1-24-19-7-5-16(11-17(19)6-8-21(24)26)18-10-15(12-23-13-18)14-25-9-3-4-20(25)22(27)28-2/h5,7,10-13,20H,3-4,6,8-9,14H2,1-2H3/t20-/m0/s1. The number of esters is 1. The van der Waals surface area contributed by atoms with Crippen molar-refractivity contribution in [2.75, 3.05) is 25.6 Å². The molecule has 1 aromatic carbocycles. The maximum absolute atomic E-state index is 12.0. The van der Waals surface area contributed by atoms with Gasteiger partial charge in [0.1, 0.15) is 6.04 Å². The second-order valence-corrected chi connectivity index (χ2v) is 7.53. The molecule has 1 aromatic heterocycles. The van der Waals surface area contributed by atoms with Gasteiger partial charge in [-0.1, -0.05) is 6.07 Å². The number of carbonyl (C=O) groups is 2. The summed E-state index contributed by atoms with van der Waals surface area (Å²) < 4.78 is 4.94. The number of hydrogen-bond donors (Lipinski definition) is 0. The smallest absolute Gasteiger partial charge is 0.323 e. The first-order valence-electron chi connectivity index (χ1n) is 9.72. The van der Waals surface area contributed by atoms with Crippen LogP contribution in [0.1, 0.15) is 30.4 Å². The highest BCUT2D eigenvalue weighted by molar-refractivity contribution is 5.96. The van der Waals surface area contributed by atoms with Crippen molar-refractivity contribution in [3.05, 3.63) is 47.8 Å². The summed E-state index contributed by atoms with van der Waals surface area (Å²) in [6.45, 7) is 1.58. The Morgan fingerprint density at radius 3 is 2.89 bits per heavy atom. The number of rotatable bonds is 4. The lowest BCUT2D eigenvalue weighted by Gasteiger charge is -2.26. The number of amides is 1. The Morgan fingerprint density at radius 1 is 1.21 bits per heavy atom. The zero-order valence-electron chi connectivity index (χ0n) is 16.4. The van der Waals surface area contributed by atoms with Crippen LogP contribution in [0.3, 0.4) is 0 Å². The molecule has 1 atom stereocenters. The molecule has 0 unspecified atom stereocenters. The first-order chi connectivity index (χ1) is 13.6. The van der Waals surface area contributed by atoms with E-state index in [1.54, 1.807) is 4.90 Å². The Bertz CT molecular complexity index is 912. The average molecular weight is 379 g/mol. The van der Waals surface area contributed by atoms with Crippen LogP contribution in [-0.4, -0.2) is 48.5 Å². The summed E-state index contributed by atoms with van der Waals surface area (Å²) in [5, 5.41) is 0. The minimum atomic E-state index is -0.162. The highest BCUT2D eigenvalue weighted by Crippen LogP contribution is 2.31. The van der Waals surface area contributed by atoms with Crippen molar-refractivity contribution in [2.45, 2.75) is 38.3 Å². The molecule has 1 fully saturated rings. The van der Waals surface area contributed by atoms with E-state index >= 15 is 0 Å². The van der Waals surface area contributed by atoms with Crippen LogP contribution in [-0.2, 0) is 27.3 Å². The molecule has 2 aliphatic rings. The zero-order valence-corrected chi connectivity index (χ0v) is 16.4. The second-order valence-electron chi connectivity index (χ2n) is 7.53. The molecule has 0 aliphatic carbocycles. The number of benzene rings is 1. The number of nitrogens with zero attached hydrogens (tertiary/aromatic N) is 3. The molecule has 3 heterocycles. The summed E-state index contributed by atoms with van der Waals surface area (Å²) >= 11 is 0. The lowest BCUT2D eigenvalue weighted by molar-refractivity contribution is -0.146. The number of methoxy groups -OCH3 is 1. The number of hydrogen-bond acceptors (Lipinski definition) is 5. The fraction of sp³-hybridized carbons (Fsp3) is 0.409. The third-order valence-corrected chi connectivity index (χ3v) is 5.77. The summed E-state index contributed by atoms with van der Waals surface area (Å²) in [6, 6.07) is 8.19. The van der Waals surface area contributed by atoms with Crippen LogP contribution >= 0.6 is 0 Å². The van der Waals surface area contributed by atoms with Crippen molar-refractivity contribution in [2.24, 2.45) is 0 Å². The van der Waals surface area contributed by atoms with Crippen molar-refractivity contribution >= 4 is 17.6 Å². The first kappa shape index (κ1) is 18.6. The molecule has 146 valence electrons. The summed E-state index contributed by atoms with van der Waals surface area (Å²) in [7, 11) is 3.28. The summed E-state index contributed by atoms with van der Waals surface area (Å²) in [6.07, 6.45) is 6.90. The Kier molecular flexibility index (Phi) is 5.13. The Hall–Kier alpha value is -2.73. The minimum Gasteiger partial charge on any atom is -0.468 e. The van der Waals surface area contributed by atoms with Crippen LogP contribution in [0.5, 0.6) is 0 Å². The molecule has 1 amide bonds. The zero-order chi connectivity index (χ0) is 19.7. The van der Waals surface area contributed by atoms with Gasteiger partial charge in [0.05, 0.1) is 7.11 Å². The maximum atomic E-state index is 12.0. The number of ether oxygens (including phenoxy) is 1. The molecular weight excluding hydrogens is 354 g/mol. The summed E-state index contributed by atoms with van der Waals surface area (Å²) in [5.41, 5.74) is 5.41. The third-order valence-electron chi connectivity index (χ3n) is 5.77. The lowest BCUT2D eigenvalue weighted by atomic mass is 9.96. The topological polar surface area (TPSA) is 62.7 Å². The largest absolute Gasteiger partial charge is 0.468 e. The van der Waals surface area contributed by atoms with E-state index in [1.165, 1.54) is 12.7 Å². The van der Waals surface area contributed by atoms with Crippen molar-refractivity contribution in [1.82, 2.24) is 9.88 Å². The molecule has 2 aliphatic heterocycles. The maximum Gasteiger partial charge on any atom is 0.323 e. The fourth-order valence-electron chi connectivity index (χ4n) is 4.22. The van der Waals surface area contributed by atoms with Crippen molar-refractivity contribution in [3.8, 4) is 11.1 Å². The quantitative estimate of drug-likeness (QED) is 0.765. The molecule has 2 aromatic rings. The molecule has 0 saturated carbocycles. The molecule has 0 radical (unpaired) electrons. The van der Waals surface area contributed by atoms with Gasteiger partial charge in [0, 0.05) is 43.7 Å². The Balaban J connectivity index is 1.56. The number of likely N-dealkylation sites (tertiary alicyclic amines) is 1. The summed E-state index contributed by atoms with van der Waals surface area (Å²) in [4.78, 5) is 32.2. The molecular formula is C22H25N3O3. The van der Waals surface area contributed by atoms with Crippen LogP contribution in [0.25, 0.3) is 11.1 Å². The van der Waals surface area contributed by atoms with E-state index in [0.717, 1.165) is 48.2 Å². The van der Waals surface area contributed by atoms with Gasteiger partial charge in [0.25, 0.3) is 0 Å². The minimum absolute atomic E-state index is 0.157. The van der Waals surface area contributed by atoms with Gasteiger partial charge in [-0.2, -0.15) is 0 Å². The van der Waals surface area contributed by atoms with Gasteiger partial charge < -0.3 is 9.64 Å². The van der Waals surface area contributed by atoms with Crippen LogP contribution < -0.4 is 4.90 Å². The number of aromatic nitrogens is 1. The number of pyridine rings is 1. The first-order valence-corrected chi connectivity index (χ1v) is 9.72. The number of aryl methyl sites for hydroxylation is 1. The van der Waals surface area contributed by atoms with Crippen LogP contribution in [0.2, 0.25) is 0 Å². The van der Waals surface area contributed by atoms with Crippen molar-refractivity contribution in [3.63, 3.8) is 0 Å². The Labute approximate surface area is 165 Å². The van der Waals surface area contributed by atoms with E-state index in [-0.39, 0.29) is 17.9 Å². The van der Waals surface area contributed by atoms with Gasteiger partial charge in [0.2, 0.25) is 5.91 Å². The molecule has 0 spiro atoms. The van der Waals surface area contributed by atoms with Gasteiger partial charge >= 0.3 is 5.97 Å². The van der Waals surface area contributed by atoms with Gasteiger partial charge in [-0.05, 0) is 60.7 Å². The highest BCUT2D eigenvalue weighted by Gasteiger charge is 2.31. The SMILES string of the molecule is COC(=O)[C@@H]1CCCN1Cc1cncc(-c2ccc3c(c2)CCC(=O)N3C)c1. The van der Waals surface area contributed by atoms with Crippen molar-refractivity contribution < 1.29 is 14.3 Å². The summed E-state index contributed by atoms with van der Waals surface area (Å²) in [5.74, 6) is 0.00431. The number of fused-ring (bicyclic) bond motifs is 1. The molecule has 4 rings (SSSR count). The van der Waals surface area contributed by atoms with E-state index in [4.69, 9.17) is 4.74 Å². The van der Waals surface area contributed by atoms with E-state index < -0.39 is 0 Å². The van der Waals surface area contributed by atoms with Gasteiger partial charge in [-0.3, -0.25) is 19.5 Å². The average Bonchev–Trinajstić information content (AvgIpc) is 3.18. The molecule has 0 bridgehead atoms. The number of anilines is 1. The van der Waals surface area contributed by atoms with Crippen LogP contribution in [0.15, 0.2) is 36.7 Å². The monoisotopic (exact) mass is 379 g/mol. The van der Waals surface area contributed by atoms with E-state index in [9.17, 15) is 9.59 Å². The van der Waals surface area contributed by atoms with Gasteiger partial charge in [-0.15, -0.1) is 0 Å². The van der Waals surface area contributed by atoms with Crippen molar-refractivity contribution in [1.29, 1.82) is 0 Å². The van der Waals surface area contributed by atoms with Gasteiger partial charge in [0.15, 0.2) is 0 Å². The predicted molar refractivity (Wildman–Crippen MR) is 107 cm³/mol. The van der Waals surface area contributed by atoms with E-state index in [2.05, 4.69) is 22.0 Å². The van der Waals surface area contributed by atoms with Crippen LogP contribution in [0.4, 0.5) is 5.69 Å². The number of carbonyl (C=O) groups excluding carboxylic acids is 2. The predicted octanol–water partition coefficient (Wildman–Crippen LogP) is 2.80. The molecule has 0 N–H and O–H groups in total. The lowest BCUT2D eigenvalue weighted by Crippen LogP contribution is -2.36.